The highest BCUT2D eigenvalue weighted by Gasteiger charge is 2.11. The minimum atomic E-state index is -0.506. The van der Waals surface area contributed by atoms with Crippen molar-refractivity contribution in [1.29, 1.82) is 0 Å². The zero-order valence-electron chi connectivity index (χ0n) is 9.38. The summed E-state index contributed by atoms with van der Waals surface area (Å²) in [6.45, 7) is 0.153. The van der Waals surface area contributed by atoms with Gasteiger partial charge in [0.1, 0.15) is 12.4 Å². The second-order valence-electron chi connectivity index (χ2n) is 3.11. The van der Waals surface area contributed by atoms with Crippen LogP contribution in [0.1, 0.15) is 0 Å². The summed E-state index contributed by atoms with van der Waals surface area (Å²) in [4.78, 5) is 10.2. The molecule has 17 heavy (non-hydrogen) atoms. The molecule has 0 bridgehead atoms. The normalized spacial score (nSPS) is 10.6. The predicted molar refractivity (Wildman–Crippen MR) is 64.1 cm³/mol. The molecule has 0 N–H and O–H groups in total. The molecule has 0 unspecified atom stereocenters. The second kappa shape index (κ2) is 6.53. The Morgan fingerprint density at radius 1 is 1.35 bits per heavy atom. The molecular weight excluding hydrogens is 294 g/mol. The monoisotopic (exact) mass is 305 g/mol. The Morgan fingerprint density at radius 2 is 2.00 bits per heavy atom. The van der Waals surface area contributed by atoms with Crippen molar-refractivity contribution in [3.63, 3.8) is 0 Å². The largest absolute Gasteiger partial charge is 0.488 e. The maximum Gasteiger partial charge on any atom is 0.274 e. The summed E-state index contributed by atoms with van der Waals surface area (Å²) in [6, 6.07) is 4.37. The Labute approximate surface area is 107 Å². The van der Waals surface area contributed by atoms with E-state index in [1.165, 1.54) is 26.4 Å². The fourth-order valence-electron chi connectivity index (χ4n) is 1.13. The molecule has 0 aromatic heterocycles. The minimum Gasteiger partial charge on any atom is -0.488 e. The third-order valence-corrected chi connectivity index (χ3v) is 2.44. The molecular formula is C10H12BrNO5. The van der Waals surface area contributed by atoms with E-state index in [4.69, 9.17) is 14.2 Å². The molecule has 0 radical (unpaired) electrons. The van der Waals surface area contributed by atoms with Gasteiger partial charge in [0.15, 0.2) is 6.29 Å². The van der Waals surface area contributed by atoms with E-state index in [2.05, 4.69) is 15.9 Å². The van der Waals surface area contributed by atoms with Gasteiger partial charge in [-0.15, -0.1) is 0 Å². The van der Waals surface area contributed by atoms with Gasteiger partial charge in [-0.2, -0.15) is 0 Å². The van der Waals surface area contributed by atoms with Gasteiger partial charge < -0.3 is 14.2 Å². The first-order valence-electron chi connectivity index (χ1n) is 4.70. The van der Waals surface area contributed by atoms with E-state index in [-0.39, 0.29) is 12.3 Å². The number of ether oxygens (including phenoxy) is 3. The number of benzene rings is 1. The van der Waals surface area contributed by atoms with E-state index in [1.54, 1.807) is 6.07 Å². The first kappa shape index (κ1) is 13.9. The van der Waals surface area contributed by atoms with Gasteiger partial charge in [0, 0.05) is 24.8 Å². The first-order chi connectivity index (χ1) is 8.06. The Kier molecular flexibility index (Phi) is 5.33. The van der Waals surface area contributed by atoms with Crippen LogP contribution in [0.3, 0.4) is 0 Å². The maximum atomic E-state index is 10.6. The molecule has 0 aliphatic carbocycles. The van der Waals surface area contributed by atoms with Crippen LogP contribution in [0.4, 0.5) is 5.69 Å². The van der Waals surface area contributed by atoms with Crippen LogP contribution in [0.15, 0.2) is 22.7 Å². The lowest BCUT2D eigenvalue weighted by Gasteiger charge is -2.14. The maximum absolute atomic E-state index is 10.6. The molecule has 0 aliphatic heterocycles. The van der Waals surface area contributed by atoms with E-state index in [1.807, 2.05) is 0 Å². The number of nitro groups is 1. The van der Waals surface area contributed by atoms with Crippen LogP contribution in [0, 0.1) is 10.1 Å². The summed E-state index contributed by atoms with van der Waals surface area (Å²) in [6.07, 6.45) is -0.506. The smallest absolute Gasteiger partial charge is 0.274 e. The number of methoxy groups -OCH3 is 2. The minimum absolute atomic E-state index is 0.0410. The van der Waals surface area contributed by atoms with Gasteiger partial charge in [0.2, 0.25) is 0 Å². The second-order valence-corrected chi connectivity index (χ2v) is 4.03. The summed E-state index contributed by atoms with van der Waals surface area (Å²) in [5, 5.41) is 10.6. The van der Waals surface area contributed by atoms with E-state index in [9.17, 15) is 10.1 Å². The third-order valence-electron chi connectivity index (χ3n) is 1.98. The topological polar surface area (TPSA) is 70.8 Å². The summed E-state index contributed by atoms with van der Waals surface area (Å²) in [5.74, 6) is 0.380. The van der Waals surface area contributed by atoms with Crippen molar-refractivity contribution in [2.75, 3.05) is 20.8 Å². The van der Waals surface area contributed by atoms with Gasteiger partial charge in [-0.05, 0) is 6.07 Å². The van der Waals surface area contributed by atoms with Gasteiger partial charge in [0.05, 0.1) is 11.0 Å². The molecule has 0 atom stereocenters. The van der Waals surface area contributed by atoms with Crippen LogP contribution in [0.2, 0.25) is 0 Å². The average molecular weight is 306 g/mol. The highest BCUT2D eigenvalue weighted by molar-refractivity contribution is 9.10. The zero-order valence-corrected chi connectivity index (χ0v) is 11.0. The van der Waals surface area contributed by atoms with Crippen molar-refractivity contribution in [2.45, 2.75) is 6.29 Å². The standard InChI is InChI=1S/C10H12BrNO5/c1-15-10(16-2)6-17-9-4-7(11)3-8(5-9)12(13)14/h3-5,10H,6H2,1-2H3. The number of nitrogens with zero attached hydrogens (tertiary/aromatic N) is 1. The van der Waals surface area contributed by atoms with Gasteiger partial charge >= 0.3 is 0 Å². The fourth-order valence-corrected chi connectivity index (χ4v) is 1.59. The van der Waals surface area contributed by atoms with Crippen molar-refractivity contribution >= 4 is 21.6 Å². The van der Waals surface area contributed by atoms with E-state index in [0.717, 1.165) is 0 Å². The molecule has 0 aliphatic rings. The van der Waals surface area contributed by atoms with Crippen LogP contribution in [0.25, 0.3) is 0 Å². The van der Waals surface area contributed by atoms with Crippen LogP contribution < -0.4 is 4.74 Å². The lowest BCUT2D eigenvalue weighted by Crippen LogP contribution is -2.22. The molecule has 7 heteroatoms. The van der Waals surface area contributed by atoms with E-state index >= 15 is 0 Å². The summed E-state index contributed by atoms with van der Waals surface area (Å²) in [5.41, 5.74) is -0.0410. The number of nitro benzene ring substituents is 1. The number of hydrogen-bond acceptors (Lipinski definition) is 5. The molecule has 94 valence electrons. The van der Waals surface area contributed by atoms with E-state index in [0.29, 0.717) is 10.2 Å². The highest BCUT2D eigenvalue weighted by Crippen LogP contribution is 2.26. The highest BCUT2D eigenvalue weighted by atomic mass is 79.9. The quantitative estimate of drug-likeness (QED) is 0.458. The number of halogens is 1. The lowest BCUT2D eigenvalue weighted by molar-refractivity contribution is -0.385. The molecule has 0 saturated carbocycles. The Hall–Kier alpha value is -1.18. The molecule has 1 rings (SSSR count). The SMILES string of the molecule is COC(COc1cc(Br)cc([N+](=O)[O-])c1)OC. The molecule has 6 nitrogen and oxygen atoms in total. The van der Waals surface area contributed by atoms with Gasteiger partial charge in [-0.25, -0.2) is 0 Å². The van der Waals surface area contributed by atoms with Crippen molar-refractivity contribution in [1.82, 2.24) is 0 Å². The van der Waals surface area contributed by atoms with Crippen LogP contribution in [-0.4, -0.2) is 32.0 Å². The number of non-ortho nitro benzene ring substituents is 1. The zero-order chi connectivity index (χ0) is 12.8. The Balaban J connectivity index is 2.74. The summed E-state index contributed by atoms with van der Waals surface area (Å²) >= 11 is 3.18. The van der Waals surface area contributed by atoms with Gasteiger partial charge in [0.25, 0.3) is 5.69 Å². The average Bonchev–Trinajstić information content (AvgIpc) is 2.29. The van der Waals surface area contributed by atoms with E-state index < -0.39 is 11.2 Å². The predicted octanol–water partition coefficient (Wildman–Crippen LogP) is 2.36. The third kappa shape index (κ3) is 4.29. The molecule has 1 aromatic rings. The Morgan fingerprint density at radius 3 is 2.53 bits per heavy atom. The summed E-state index contributed by atoms with van der Waals surface area (Å²) < 4.78 is 15.8. The molecule has 1 aromatic carbocycles. The van der Waals surface area contributed by atoms with Crippen LogP contribution in [0.5, 0.6) is 5.75 Å². The molecule has 0 spiro atoms. The van der Waals surface area contributed by atoms with Crippen molar-refractivity contribution < 1.29 is 19.1 Å². The van der Waals surface area contributed by atoms with Crippen molar-refractivity contribution in [3.8, 4) is 5.75 Å². The molecule has 0 amide bonds. The van der Waals surface area contributed by atoms with Crippen LogP contribution >= 0.6 is 15.9 Å². The van der Waals surface area contributed by atoms with Crippen LogP contribution in [-0.2, 0) is 9.47 Å². The van der Waals surface area contributed by atoms with Crippen molar-refractivity contribution in [3.05, 3.63) is 32.8 Å². The number of rotatable bonds is 6. The van der Waals surface area contributed by atoms with Gasteiger partial charge in [-0.1, -0.05) is 15.9 Å². The molecule has 0 heterocycles. The number of hydrogen-bond donors (Lipinski definition) is 0. The molecule has 0 fully saturated rings. The van der Waals surface area contributed by atoms with Crippen molar-refractivity contribution in [2.24, 2.45) is 0 Å². The summed E-state index contributed by atoms with van der Waals surface area (Å²) in [7, 11) is 2.97. The lowest BCUT2D eigenvalue weighted by atomic mass is 10.3. The molecule has 0 saturated heterocycles. The fraction of sp³-hybridized carbons (Fsp3) is 0.400. The first-order valence-corrected chi connectivity index (χ1v) is 5.49. The Bertz CT molecular complexity index is 394. The van der Waals surface area contributed by atoms with Gasteiger partial charge in [-0.3, -0.25) is 10.1 Å².